The van der Waals surface area contributed by atoms with Crippen LogP contribution in [-0.2, 0) is 11.3 Å². The number of nitrogens with one attached hydrogen (secondary N) is 1. The summed E-state index contributed by atoms with van der Waals surface area (Å²) >= 11 is 0. The fourth-order valence-corrected chi connectivity index (χ4v) is 2.74. The summed E-state index contributed by atoms with van der Waals surface area (Å²) in [6, 6.07) is 6.35. The number of ether oxygens (including phenoxy) is 2. The maximum Gasteiger partial charge on any atom is 0.126 e. The van der Waals surface area contributed by atoms with Crippen LogP contribution in [0.2, 0.25) is 0 Å². The molecule has 0 saturated carbocycles. The van der Waals surface area contributed by atoms with Gasteiger partial charge in [-0.2, -0.15) is 0 Å². The van der Waals surface area contributed by atoms with Gasteiger partial charge < -0.3 is 14.8 Å². The first-order chi connectivity index (χ1) is 10.3. The molecule has 21 heavy (non-hydrogen) atoms. The number of nitrogens with zero attached hydrogens (tertiary/aromatic N) is 1. The number of methoxy groups -OCH3 is 1. The third-order valence-electron chi connectivity index (χ3n) is 3.94. The minimum Gasteiger partial charge on any atom is -0.492 e. The predicted molar refractivity (Wildman–Crippen MR) is 85.9 cm³/mol. The van der Waals surface area contributed by atoms with Crippen LogP contribution in [0.15, 0.2) is 18.2 Å². The minimum absolute atomic E-state index is 0.733. The molecule has 0 radical (unpaired) electrons. The van der Waals surface area contributed by atoms with Crippen molar-refractivity contribution in [2.24, 2.45) is 0 Å². The average Bonchev–Trinajstić information content (AvgIpc) is 2.99. The molecule has 0 bridgehead atoms. The van der Waals surface area contributed by atoms with E-state index in [-0.39, 0.29) is 0 Å². The van der Waals surface area contributed by atoms with E-state index in [1.54, 1.807) is 7.11 Å². The molecule has 1 heterocycles. The van der Waals surface area contributed by atoms with Gasteiger partial charge in [-0.25, -0.2) is 0 Å². The second-order valence-electron chi connectivity index (χ2n) is 5.63. The maximum atomic E-state index is 6.07. The number of hydrogen-bond donors (Lipinski definition) is 1. The maximum absolute atomic E-state index is 6.07. The summed E-state index contributed by atoms with van der Waals surface area (Å²) < 4.78 is 11.1. The first-order valence-electron chi connectivity index (χ1n) is 7.94. The number of benzene rings is 1. The topological polar surface area (TPSA) is 33.7 Å². The van der Waals surface area contributed by atoms with E-state index in [1.807, 2.05) is 0 Å². The van der Waals surface area contributed by atoms with E-state index in [1.165, 1.54) is 37.1 Å². The van der Waals surface area contributed by atoms with Crippen LogP contribution in [0.4, 0.5) is 0 Å². The zero-order valence-corrected chi connectivity index (χ0v) is 13.4. The molecular weight excluding hydrogens is 264 g/mol. The molecule has 0 aromatic heterocycles. The van der Waals surface area contributed by atoms with E-state index >= 15 is 0 Å². The Balaban J connectivity index is 1.83. The van der Waals surface area contributed by atoms with Gasteiger partial charge in [-0.1, -0.05) is 18.2 Å². The molecule has 0 amide bonds. The lowest BCUT2D eigenvalue weighted by Gasteiger charge is -2.18. The molecule has 4 nitrogen and oxygen atoms in total. The van der Waals surface area contributed by atoms with Gasteiger partial charge in [0, 0.05) is 32.3 Å². The van der Waals surface area contributed by atoms with Crippen LogP contribution < -0.4 is 10.1 Å². The number of rotatable bonds is 9. The Morgan fingerprint density at radius 2 is 2.00 bits per heavy atom. The summed E-state index contributed by atoms with van der Waals surface area (Å²) in [5.41, 5.74) is 2.44. The quantitative estimate of drug-likeness (QED) is 0.708. The largest absolute Gasteiger partial charge is 0.492 e. The second kappa shape index (κ2) is 9.03. The molecule has 0 spiro atoms. The molecular formula is C17H28N2O2. The zero-order valence-electron chi connectivity index (χ0n) is 13.4. The van der Waals surface area contributed by atoms with Crippen molar-refractivity contribution in [1.29, 1.82) is 0 Å². The van der Waals surface area contributed by atoms with Gasteiger partial charge in [-0.15, -0.1) is 0 Å². The highest BCUT2D eigenvalue weighted by Gasteiger charge is 2.12. The van der Waals surface area contributed by atoms with E-state index in [0.717, 1.165) is 38.6 Å². The van der Waals surface area contributed by atoms with Gasteiger partial charge in [0.25, 0.3) is 0 Å². The number of aryl methyl sites for hydroxylation is 1. The normalized spacial score (nSPS) is 15.5. The van der Waals surface area contributed by atoms with Gasteiger partial charge >= 0.3 is 0 Å². The van der Waals surface area contributed by atoms with Crippen molar-refractivity contribution in [1.82, 2.24) is 10.2 Å². The highest BCUT2D eigenvalue weighted by Crippen LogP contribution is 2.23. The standard InChI is InChI=1S/C17H28N2O2/c1-15-6-5-7-16(14-18-8-12-20-2)17(15)21-13-11-19-9-3-4-10-19/h5-7,18H,3-4,8-14H2,1-2H3. The van der Waals surface area contributed by atoms with Crippen LogP contribution >= 0.6 is 0 Å². The third kappa shape index (κ3) is 5.30. The van der Waals surface area contributed by atoms with Crippen LogP contribution in [0.3, 0.4) is 0 Å². The van der Waals surface area contributed by atoms with Gasteiger partial charge in [0.15, 0.2) is 0 Å². The molecule has 1 aromatic carbocycles. The molecule has 1 saturated heterocycles. The average molecular weight is 292 g/mol. The lowest BCUT2D eigenvalue weighted by Crippen LogP contribution is -2.25. The SMILES string of the molecule is COCCNCc1cccc(C)c1OCCN1CCCC1. The molecule has 1 aliphatic rings. The van der Waals surface area contributed by atoms with Crippen molar-refractivity contribution in [3.63, 3.8) is 0 Å². The van der Waals surface area contributed by atoms with E-state index in [2.05, 4.69) is 35.3 Å². The van der Waals surface area contributed by atoms with E-state index in [4.69, 9.17) is 9.47 Å². The lowest BCUT2D eigenvalue weighted by atomic mass is 10.1. The molecule has 1 fully saturated rings. The Bertz CT molecular complexity index is 417. The van der Waals surface area contributed by atoms with E-state index in [9.17, 15) is 0 Å². The Labute approximate surface area is 128 Å². The van der Waals surface area contributed by atoms with Crippen molar-refractivity contribution in [2.45, 2.75) is 26.3 Å². The highest BCUT2D eigenvalue weighted by molar-refractivity contribution is 5.40. The smallest absolute Gasteiger partial charge is 0.126 e. The van der Waals surface area contributed by atoms with Crippen molar-refractivity contribution in [2.75, 3.05) is 46.5 Å². The summed E-state index contributed by atoms with van der Waals surface area (Å²) in [4.78, 5) is 2.48. The van der Waals surface area contributed by atoms with E-state index in [0.29, 0.717) is 0 Å². The van der Waals surface area contributed by atoms with Crippen LogP contribution in [0.1, 0.15) is 24.0 Å². The second-order valence-corrected chi connectivity index (χ2v) is 5.63. The summed E-state index contributed by atoms with van der Waals surface area (Å²) in [5, 5.41) is 3.39. The third-order valence-corrected chi connectivity index (χ3v) is 3.94. The Morgan fingerprint density at radius 1 is 1.19 bits per heavy atom. The number of hydrogen-bond acceptors (Lipinski definition) is 4. The summed E-state index contributed by atoms with van der Waals surface area (Å²) in [6.45, 7) is 8.79. The predicted octanol–water partition coefficient (Wildman–Crippen LogP) is 2.21. The van der Waals surface area contributed by atoms with Crippen LogP contribution in [0, 0.1) is 6.92 Å². The van der Waals surface area contributed by atoms with Crippen LogP contribution in [-0.4, -0.2) is 51.4 Å². The molecule has 1 N–H and O–H groups in total. The van der Waals surface area contributed by atoms with Crippen molar-refractivity contribution < 1.29 is 9.47 Å². The fourth-order valence-electron chi connectivity index (χ4n) is 2.74. The molecule has 1 aliphatic heterocycles. The number of likely N-dealkylation sites (tertiary alicyclic amines) is 1. The zero-order chi connectivity index (χ0) is 14.9. The monoisotopic (exact) mass is 292 g/mol. The van der Waals surface area contributed by atoms with Crippen molar-refractivity contribution >= 4 is 0 Å². The molecule has 0 unspecified atom stereocenters. The Hall–Kier alpha value is -1.10. The van der Waals surface area contributed by atoms with Gasteiger partial charge in [0.05, 0.1) is 6.61 Å². The van der Waals surface area contributed by atoms with Crippen molar-refractivity contribution in [3.05, 3.63) is 29.3 Å². The first kappa shape index (κ1) is 16.3. The van der Waals surface area contributed by atoms with E-state index < -0.39 is 0 Å². The summed E-state index contributed by atoms with van der Waals surface area (Å²) in [5.74, 6) is 1.04. The molecule has 2 rings (SSSR count). The van der Waals surface area contributed by atoms with Gasteiger partial charge in [-0.3, -0.25) is 4.90 Å². The fraction of sp³-hybridized carbons (Fsp3) is 0.647. The molecule has 1 aromatic rings. The van der Waals surface area contributed by atoms with Crippen molar-refractivity contribution in [3.8, 4) is 5.75 Å². The van der Waals surface area contributed by atoms with Crippen LogP contribution in [0.5, 0.6) is 5.75 Å². The lowest BCUT2D eigenvalue weighted by molar-refractivity contribution is 0.198. The number of para-hydroxylation sites is 1. The Kier molecular flexibility index (Phi) is 7.00. The van der Waals surface area contributed by atoms with Crippen LogP contribution in [0.25, 0.3) is 0 Å². The summed E-state index contributed by atoms with van der Waals surface area (Å²) in [7, 11) is 1.72. The summed E-state index contributed by atoms with van der Waals surface area (Å²) in [6.07, 6.45) is 2.66. The minimum atomic E-state index is 0.733. The Morgan fingerprint density at radius 3 is 2.76 bits per heavy atom. The highest BCUT2D eigenvalue weighted by atomic mass is 16.5. The molecule has 118 valence electrons. The molecule has 0 atom stereocenters. The van der Waals surface area contributed by atoms with Gasteiger partial charge in [-0.05, 0) is 38.4 Å². The van der Waals surface area contributed by atoms with Gasteiger partial charge in [0.2, 0.25) is 0 Å². The first-order valence-corrected chi connectivity index (χ1v) is 7.94. The molecule has 4 heteroatoms. The van der Waals surface area contributed by atoms with Gasteiger partial charge in [0.1, 0.15) is 12.4 Å². The molecule has 0 aliphatic carbocycles.